The molecule has 0 aromatic rings. The standard InChI is InChI=1S/C11H20N2O3/c1-2-8-3-4-10(14)13(6-5-8)7-9(12)11(15)16/h8-9H,2-7,12H2,1H3,(H,15,16). The van der Waals surface area contributed by atoms with E-state index < -0.39 is 12.0 Å². The van der Waals surface area contributed by atoms with E-state index in [4.69, 9.17) is 10.8 Å². The second-order valence-electron chi connectivity index (χ2n) is 4.39. The summed E-state index contributed by atoms with van der Waals surface area (Å²) in [6.45, 7) is 2.89. The van der Waals surface area contributed by atoms with Crippen LogP contribution in [0.3, 0.4) is 0 Å². The molecule has 5 heteroatoms. The predicted molar refractivity (Wildman–Crippen MR) is 59.8 cm³/mol. The van der Waals surface area contributed by atoms with Crippen molar-refractivity contribution in [3.63, 3.8) is 0 Å². The van der Waals surface area contributed by atoms with Crippen LogP contribution in [0.4, 0.5) is 0 Å². The van der Waals surface area contributed by atoms with E-state index in [0.717, 1.165) is 19.3 Å². The van der Waals surface area contributed by atoms with Crippen LogP contribution in [-0.4, -0.2) is 41.0 Å². The lowest BCUT2D eigenvalue weighted by Gasteiger charge is -2.22. The highest BCUT2D eigenvalue weighted by Gasteiger charge is 2.24. The average Bonchev–Trinajstić information content (AvgIpc) is 2.42. The number of carboxylic acid groups (broad SMARTS) is 1. The van der Waals surface area contributed by atoms with Crippen molar-refractivity contribution in [2.75, 3.05) is 13.1 Å². The van der Waals surface area contributed by atoms with E-state index in [0.29, 0.717) is 18.9 Å². The van der Waals surface area contributed by atoms with E-state index in [-0.39, 0.29) is 12.5 Å². The lowest BCUT2D eigenvalue weighted by molar-refractivity contribution is -0.140. The molecule has 0 saturated carbocycles. The van der Waals surface area contributed by atoms with Crippen molar-refractivity contribution in [1.82, 2.24) is 4.90 Å². The number of aliphatic carboxylic acids is 1. The summed E-state index contributed by atoms with van der Waals surface area (Å²) in [6, 6.07) is -0.970. The summed E-state index contributed by atoms with van der Waals surface area (Å²) in [4.78, 5) is 23.9. The second kappa shape index (κ2) is 5.84. The van der Waals surface area contributed by atoms with Crippen LogP contribution in [-0.2, 0) is 9.59 Å². The number of rotatable bonds is 4. The Morgan fingerprint density at radius 1 is 1.62 bits per heavy atom. The molecule has 92 valence electrons. The molecule has 1 fully saturated rings. The number of carbonyl (C=O) groups is 2. The Hall–Kier alpha value is -1.10. The van der Waals surface area contributed by atoms with E-state index in [9.17, 15) is 9.59 Å². The molecule has 1 aliphatic heterocycles. The minimum Gasteiger partial charge on any atom is -0.480 e. The summed E-state index contributed by atoms with van der Waals surface area (Å²) in [5, 5.41) is 8.70. The Morgan fingerprint density at radius 3 is 2.88 bits per heavy atom. The number of nitrogens with zero attached hydrogens (tertiary/aromatic N) is 1. The Balaban J connectivity index is 2.52. The summed E-state index contributed by atoms with van der Waals surface area (Å²) >= 11 is 0. The smallest absolute Gasteiger partial charge is 0.322 e. The molecule has 0 aromatic carbocycles. The molecule has 1 rings (SSSR count). The molecule has 3 N–H and O–H groups in total. The molecular formula is C11H20N2O3. The number of carboxylic acids is 1. The number of likely N-dealkylation sites (tertiary alicyclic amines) is 1. The van der Waals surface area contributed by atoms with Crippen LogP contribution in [0.15, 0.2) is 0 Å². The third-order valence-electron chi connectivity index (χ3n) is 3.24. The van der Waals surface area contributed by atoms with Crippen LogP contribution in [0.5, 0.6) is 0 Å². The molecule has 5 nitrogen and oxygen atoms in total. The molecule has 0 aromatic heterocycles. The molecule has 1 aliphatic rings. The normalized spacial score (nSPS) is 24.0. The topological polar surface area (TPSA) is 83.6 Å². The third kappa shape index (κ3) is 3.48. The molecule has 0 radical (unpaired) electrons. The van der Waals surface area contributed by atoms with Gasteiger partial charge in [0, 0.05) is 19.5 Å². The van der Waals surface area contributed by atoms with Gasteiger partial charge in [-0.2, -0.15) is 0 Å². The predicted octanol–water partition coefficient (Wildman–Crippen LogP) is 0.437. The highest BCUT2D eigenvalue weighted by molar-refractivity contribution is 5.78. The first kappa shape index (κ1) is 13.0. The Labute approximate surface area is 95.6 Å². The van der Waals surface area contributed by atoms with Crippen molar-refractivity contribution < 1.29 is 14.7 Å². The Kier molecular flexibility index (Phi) is 4.73. The summed E-state index contributed by atoms with van der Waals surface area (Å²) < 4.78 is 0. The fourth-order valence-electron chi connectivity index (χ4n) is 2.01. The van der Waals surface area contributed by atoms with Gasteiger partial charge in [0.2, 0.25) is 5.91 Å². The molecule has 2 atom stereocenters. The quantitative estimate of drug-likeness (QED) is 0.731. The van der Waals surface area contributed by atoms with Gasteiger partial charge >= 0.3 is 5.97 Å². The highest BCUT2D eigenvalue weighted by atomic mass is 16.4. The van der Waals surface area contributed by atoms with Crippen molar-refractivity contribution in [3.05, 3.63) is 0 Å². The van der Waals surface area contributed by atoms with E-state index in [1.807, 2.05) is 0 Å². The van der Waals surface area contributed by atoms with Gasteiger partial charge in [-0.3, -0.25) is 9.59 Å². The van der Waals surface area contributed by atoms with Crippen LogP contribution in [0, 0.1) is 5.92 Å². The SMILES string of the molecule is CCC1CCC(=O)N(CC(N)C(=O)O)CC1. The van der Waals surface area contributed by atoms with Gasteiger partial charge < -0.3 is 15.7 Å². The Bertz CT molecular complexity index is 268. The molecule has 2 unspecified atom stereocenters. The third-order valence-corrected chi connectivity index (χ3v) is 3.24. The van der Waals surface area contributed by atoms with Gasteiger partial charge in [-0.1, -0.05) is 13.3 Å². The number of nitrogens with two attached hydrogens (primary N) is 1. The maximum absolute atomic E-state index is 11.7. The highest BCUT2D eigenvalue weighted by Crippen LogP contribution is 2.20. The summed E-state index contributed by atoms with van der Waals surface area (Å²) in [5.41, 5.74) is 5.43. The largest absolute Gasteiger partial charge is 0.480 e. The van der Waals surface area contributed by atoms with Crippen LogP contribution < -0.4 is 5.73 Å². The van der Waals surface area contributed by atoms with Crippen LogP contribution >= 0.6 is 0 Å². The van der Waals surface area contributed by atoms with Gasteiger partial charge in [0.05, 0.1) is 0 Å². The van der Waals surface area contributed by atoms with Gasteiger partial charge in [-0.15, -0.1) is 0 Å². The fraction of sp³-hybridized carbons (Fsp3) is 0.818. The fourth-order valence-corrected chi connectivity index (χ4v) is 2.01. The lowest BCUT2D eigenvalue weighted by atomic mass is 9.98. The molecule has 1 saturated heterocycles. The summed E-state index contributed by atoms with van der Waals surface area (Å²) in [6.07, 6.45) is 3.46. The van der Waals surface area contributed by atoms with Gasteiger partial charge in [0.25, 0.3) is 0 Å². The zero-order valence-corrected chi connectivity index (χ0v) is 9.69. The van der Waals surface area contributed by atoms with Crippen LogP contribution in [0.2, 0.25) is 0 Å². The van der Waals surface area contributed by atoms with Crippen LogP contribution in [0.25, 0.3) is 0 Å². The number of hydrogen-bond acceptors (Lipinski definition) is 3. The Morgan fingerprint density at radius 2 is 2.31 bits per heavy atom. The van der Waals surface area contributed by atoms with E-state index in [2.05, 4.69) is 6.92 Å². The van der Waals surface area contributed by atoms with Gasteiger partial charge in [0.15, 0.2) is 0 Å². The summed E-state index contributed by atoms with van der Waals surface area (Å²) in [7, 11) is 0. The van der Waals surface area contributed by atoms with E-state index >= 15 is 0 Å². The average molecular weight is 228 g/mol. The van der Waals surface area contributed by atoms with Crippen molar-refractivity contribution in [1.29, 1.82) is 0 Å². The minimum absolute atomic E-state index is 0.0349. The first-order valence-electron chi connectivity index (χ1n) is 5.80. The minimum atomic E-state index is -1.05. The lowest BCUT2D eigenvalue weighted by Crippen LogP contribution is -2.45. The summed E-state index contributed by atoms with van der Waals surface area (Å²) in [5.74, 6) is -0.438. The van der Waals surface area contributed by atoms with Gasteiger partial charge in [0.1, 0.15) is 6.04 Å². The number of hydrogen-bond donors (Lipinski definition) is 2. The molecule has 16 heavy (non-hydrogen) atoms. The van der Waals surface area contributed by atoms with Gasteiger partial charge in [-0.25, -0.2) is 0 Å². The van der Waals surface area contributed by atoms with Gasteiger partial charge in [-0.05, 0) is 18.8 Å². The monoisotopic (exact) mass is 228 g/mol. The number of amides is 1. The van der Waals surface area contributed by atoms with Crippen molar-refractivity contribution >= 4 is 11.9 Å². The van der Waals surface area contributed by atoms with Crippen molar-refractivity contribution in [2.45, 2.75) is 38.6 Å². The first-order chi connectivity index (χ1) is 7.54. The molecule has 0 bridgehead atoms. The zero-order valence-electron chi connectivity index (χ0n) is 9.69. The maximum Gasteiger partial charge on any atom is 0.322 e. The van der Waals surface area contributed by atoms with Crippen LogP contribution in [0.1, 0.15) is 32.6 Å². The molecule has 1 amide bonds. The van der Waals surface area contributed by atoms with E-state index in [1.54, 1.807) is 4.90 Å². The van der Waals surface area contributed by atoms with Crippen molar-refractivity contribution in [3.8, 4) is 0 Å². The van der Waals surface area contributed by atoms with Crippen molar-refractivity contribution in [2.24, 2.45) is 11.7 Å². The molecule has 0 aliphatic carbocycles. The second-order valence-corrected chi connectivity index (χ2v) is 4.39. The maximum atomic E-state index is 11.7. The number of carbonyl (C=O) groups excluding carboxylic acids is 1. The molecule has 0 spiro atoms. The van der Waals surface area contributed by atoms with E-state index in [1.165, 1.54) is 0 Å². The molecular weight excluding hydrogens is 208 g/mol. The zero-order chi connectivity index (χ0) is 12.1. The first-order valence-corrected chi connectivity index (χ1v) is 5.80. The molecule has 1 heterocycles.